The molecule has 0 spiro atoms. The molecule has 0 saturated carbocycles. The molecule has 0 bridgehead atoms. The maximum absolute atomic E-state index is 12.3. The van der Waals surface area contributed by atoms with Gasteiger partial charge in [0.25, 0.3) is 0 Å². The van der Waals surface area contributed by atoms with E-state index >= 15 is 0 Å². The van der Waals surface area contributed by atoms with Gasteiger partial charge < -0.3 is 10.1 Å². The molecule has 0 aliphatic carbocycles. The molecule has 0 aliphatic rings. The van der Waals surface area contributed by atoms with Crippen molar-refractivity contribution in [2.24, 2.45) is 0 Å². The summed E-state index contributed by atoms with van der Waals surface area (Å²) in [6, 6.07) is 9.33. The van der Waals surface area contributed by atoms with Crippen LogP contribution in [0.1, 0.15) is 17.2 Å². The molecule has 1 rings (SSSR count). The lowest BCUT2D eigenvalue weighted by Crippen LogP contribution is -2.26. The van der Waals surface area contributed by atoms with Gasteiger partial charge in [-0.3, -0.25) is 0 Å². The molecule has 1 aromatic rings. The monoisotopic (exact) mass is 271 g/mol. The van der Waals surface area contributed by atoms with E-state index < -0.39 is 15.1 Å². The summed E-state index contributed by atoms with van der Waals surface area (Å²) < 4.78 is 29.5. The zero-order valence-corrected chi connectivity index (χ0v) is 11.7. The van der Waals surface area contributed by atoms with Gasteiger partial charge in [-0.1, -0.05) is 30.3 Å². The van der Waals surface area contributed by atoms with Gasteiger partial charge in [0.2, 0.25) is 0 Å². The van der Waals surface area contributed by atoms with Crippen molar-refractivity contribution in [2.75, 3.05) is 33.1 Å². The first-order chi connectivity index (χ1) is 8.61. The first kappa shape index (κ1) is 15.1. The Bertz CT molecular complexity index is 431. The van der Waals surface area contributed by atoms with Crippen LogP contribution in [0.5, 0.6) is 0 Å². The van der Waals surface area contributed by atoms with Crippen molar-refractivity contribution in [1.82, 2.24) is 5.32 Å². The lowest BCUT2D eigenvalue weighted by Gasteiger charge is -2.17. The van der Waals surface area contributed by atoms with Gasteiger partial charge in [0, 0.05) is 20.3 Å². The van der Waals surface area contributed by atoms with Crippen molar-refractivity contribution in [3.05, 3.63) is 35.9 Å². The minimum absolute atomic E-state index is 0.155. The van der Waals surface area contributed by atoms with Crippen LogP contribution in [0.3, 0.4) is 0 Å². The third-order valence-electron chi connectivity index (χ3n) is 2.77. The van der Waals surface area contributed by atoms with E-state index in [0.29, 0.717) is 19.6 Å². The van der Waals surface area contributed by atoms with Crippen molar-refractivity contribution >= 4 is 9.84 Å². The summed E-state index contributed by atoms with van der Waals surface area (Å²) in [4.78, 5) is 0. The van der Waals surface area contributed by atoms with E-state index in [1.807, 2.05) is 30.3 Å². The van der Waals surface area contributed by atoms with Crippen LogP contribution in [0.4, 0.5) is 0 Å². The lowest BCUT2D eigenvalue weighted by atomic mass is 10.1. The molecular formula is C13H21NO3S. The van der Waals surface area contributed by atoms with Crippen LogP contribution in [-0.4, -0.2) is 41.5 Å². The van der Waals surface area contributed by atoms with Crippen LogP contribution in [0.15, 0.2) is 30.3 Å². The van der Waals surface area contributed by atoms with Gasteiger partial charge in [-0.05, 0) is 19.0 Å². The number of nitrogens with one attached hydrogen (secondary N) is 1. The lowest BCUT2D eigenvalue weighted by molar-refractivity contribution is 0.199. The van der Waals surface area contributed by atoms with E-state index in [1.54, 1.807) is 14.2 Å². The van der Waals surface area contributed by atoms with E-state index in [-0.39, 0.29) is 5.75 Å². The Balaban J connectivity index is 2.84. The standard InChI is InChI=1S/C13H21NO3S/c1-14-11-13(12-7-4-3-5-8-12)18(15,16)10-6-9-17-2/h3-5,7-8,13-14H,6,9-11H2,1-2H3. The number of hydrogen-bond acceptors (Lipinski definition) is 4. The van der Waals surface area contributed by atoms with Gasteiger partial charge in [0.15, 0.2) is 9.84 Å². The van der Waals surface area contributed by atoms with Crippen LogP contribution < -0.4 is 5.32 Å². The molecule has 0 fully saturated rings. The van der Waals surface area contributed by atoms with Crippen molar-refractivity contribution in [2.45, 2.75) is 11.7 Å². The predicted octanol–water partition coefficient (Wildman–Crippen LogP) is 1.40. The van der Waals surface area contributed by atoms with Crippen LogP contribution in [-0.2, 0) is 14.6 Å². The van der Waals surface area contributed by atoms with E-state index in [9.17, 15) is 8.42 Å². The SMILES string of the molecule is CNCC(c1ccccc1)S(=O)(=O)CCCOC. The van der Waals surface area contributed by atoms with E-state index in [1.165, 1.54) is 0 Å². The first-order valence-electron chi connectivity index (χ1n) is 6.02. The summed E-state index contributed by atoms with van der Waals surface area (Å²) in [5.41, 5.74) is 0.837. The molecule has 1 atom stereocenters. The van der Waals surface area contributed by atoms with Gasteiger partial charge in [0.05, 0.1) is 11.0 Å². The molecule has 1 N–H and O–H groups in total. The number of sulfone groups is 1. The highest BCUT2D eigenvalue weighted by atomic mass is 32.2. The Morgan fingerprint density at radius 2 is 1.94 bits per heavy atom. The van der Waals surface area contributed by atoms with Gasteiger partial charge in [0.1, 0.15) is 0 Å². The first-order valence-corrected chi connectivity index (χ1v) is 7.73. The predicted molar refractivity (Wildman–Crippen MR) is 73.4 cm³/mol. The molecule has 1 unspecified atom stereocenters. The summed E-state index contributed by atoms with van der Waals surface area (Å²) in [6.07, 6.45) is 0.534. The molecule has 0 radical (unpaired) electrons. The summed E-state index contributed by atoms with van der Waals surface area (Å²) in [5.74, 6) is 0.155. The second-order valence-corrected chi connectivity index (χ2v) is 6.47. The Kier molecular flexibility index (Phi) is 6.32. The zero-order valence-electron chi connectivity index (χ0n) is 10.9. The van der Waals surface area contributed by atoms with Crippen LogP contribution in [0.25, 0.3) is 0 Å². The fourth-order valence-corrected chi connectivity index (χ4v) is 3.65. The minimum atomic E-state index is -3.15. The number of ether oxygens (including phenoxy) is 1. The largest absolute Gasteiger partial charge is 0.385 e. The molecule has 0 aliphatic heterocycles. The third-order valence-corrected chi connectivity index (χ3v) is 4.94. The van der Waals surface area contributed by atoms with Crippen LogP contribution >= 0.6 is 0 Å². The smallest absolute Gasteiger partial charge is 0.158 e. The normalized spacial score (nSPS) is 13.4. The van der Waals surface area contributed by atoms with E-state index in [0.717, 1.165) is 5.56 Å². The molecule has 0 aromatic heterocycles. The molecule has 5 heteroatoms. The average Bonchev–Trinajstić information content (AvgIpc) is 2.37. The second kappa shape index (κ2) is 7.51. The highest BCUT2D eigenvalue weighted by Gasteiger charge is 2.25. The van der Waals surface area contributed by atoms with Gasteiger partial charge in [-0.25, -0.2) is 8.42 Å². The molecule has 18 heavy (non-hydrogen) atoms. The van der Waals surface area contributed by atoms with Crippen LogP contribution in [0.2, 0.25) is 0 Å². The Hall–Kier alpha value is -0.910. The van der Waals surface area contributed by atoms with E-state index in [2.05, 4.69) is 5.32 Å². The molecule has 1 aromatic carbocycles. The fraction of sp³-hybridized carbons (Fsp3) is 0.538. The summed E-state index contributed by atoms with van der Waals surface area (Å²) in [7, 11) is 0.190. The fourth-order valence-electron chi connectivity index (χ4n) is 1.85. The number of rotatable bonds is 8. The molecular weight excluding hydrogens is 250 g/mol. The summed E-state index contributed by atoms with van der Waals surface area (Å²) in [6.45, 7) is 0.902. The van der Waals surface area contributed by atoms with Crippen molar-refractivity contribution in [1.29, 1.82) is 0 Å². The minimum Gasteiger partial charge on any atom is -0.385 e. The molecule has 4 nitrogen and oxygen atoms in total. The van der Waals surface area contributed by atoms with Crippen molar-refractivity contribution in [3.63, 3.8) is 0 Å². The topological polar surface area (TPSA) is 55.4 Å². The Labute approximate surface area is 109 Å². The molecule has 0 heterocycles. The quantitative estimate of drug-likeness (QED) is 0.726. The van der Waals surface area contributed by atoms with Gasteiger partial charge in [-0.15, -0.1) is 0 Å². The van der Waals surface area contributed by atoms with Crippen LogP contribution in [0, 0.1) is 0 Å². The zero-order chi connectivity index (χ0) is 13.4. The Morgan fingerprint density at radius 1 is 1.28 bits per heavy atom. The van der Waals surface area contributed by atoms with Gasteiger partial charge >= 0.3 is 0 Å². The maximum atomic E-state index is 12.3. The number of benzene rings is 1. The number of hydrogen-bond donors (Lipinski definition) is 1. The third kappa shape index (κ3) is 4.40. The highest BCUT2D eigenvalue weighted by Crippen LogP contribution is 2.22. The molecule has 0 amide bonds. The average molecular weight is 271 g/mol. The second-order valence-electron chi connectivity index (χ2n) is 4.17. The highest BCUT2D eigenvalue weighted by molar-refractivity contribution is 7.91. The molecule has 0 saturated heterocycles. The summed E-state index contributed by atoms with van der Waals surface area (Å²) >= 11 is 0. The Morgan fingerprint density at radius 3 is 2.50 bits per heavy atom. The number of likely N-dealkylation sites (N-methyl/N-ethyl adjacent to an activating group) is 1. The van der Waals surface area contributed by atoms with E-state index in [4.69, 9.17) is 4.74 Å². The summed E-state index contributed by atoms with van der Waals surface area (Å²) in [5, 5.41) is 2.47. The van der Waals surface area contributed by atoms with Crippen molar-refractivity contribution < 1.29 is 13.2 Å². The number of methoxy groups -OCH3 is 1. The van der Waals surface area contributed by atoms with Gasteiger partial charge in [-0.2, -0.15) is 0 Å². The molecule has 102 valence electrons. The van der Waals surface area contributed by atoms with Crippen molar-refractivity contribution in [3.8, 4) is 0 Å². The maximum Gasteiger partial charge on any atom is 0.158 e.